The van der Waals surface area contributed by atoms with E-state index in [0.717, 1.165) is 36.5 Å². The highest BCUT2D eigenvalue weighted by Gasteiger charge is 2.07. The second-order valence-electron chi connectivity index (χ2n) is 5.04. The Kier molecular flexibility index (Phi) is 5.02. The number of nitrogen functional groups attached to an aromatic ring is 1. The molecule has 0 fully saturated rings. The Morgan fingerprint density at radius 3 is 2.55 bits per heavy atom. The van der Waals surface area contributed by atoms with Crippen molar-refractivity contribution in [2.45, 2.75) is 13.0 Å². The number of anilines is 1. The Bertz CT molecular complexity index is 540. The molecule has 0 bridgehead atoms. The van der Waals surface area contributed by atoms with Gasteiger partial charge < -0.3 is 15.4 Å². The van der Waals surface area contributed by atoms with Crippen molar-refractivity contribution in [1.82, 2.24) is 4.90 Å². The highest BCUT2D eigenvalue weighted by Crippen LogP contribution is 2.22. The zero-order valence-electron chi connectivity index (χ0n) is 12.2. The minimum absolute atomic E-state index is 0.734. The van der Waals surface area contributed by atoms with Crippen LogP contribution in [0.4, 0.5) is 5.69 Å². The average Bonchev–Trinajstić information content (AvgIpc) is 2.48. The fourth-order valence-electron chi connectivity index (χ4n) is 2.23. The summed E-state index contributed by atoms with van der Waals surface area (Å²) < 4.78 is 5.38. The topological polar surface area (TPSA) is 38.5 Å². The molecule has 0 radical (unpaired) electrons. The number of rotatable bonds is 6. The lowest BCUT2D eigenvalue weighted by Gasteiger charge is -2.18. The van der Waals surface area contributed by atoms with Gasteiger partial charge in [0.2, 0.25) is 0 Å². The Morgan fingerprint density at radius 1 is 1.10 bits per heavy atom. The first-order chi connectivity index (χ1) is 9.69. The van der Waals surface area contributed by atoms with Gasteiger partial charge in [-0.25, -0.2) is 0 Å². The van der Waals surface area contributed by atoms with Crippen LogP contribution < -0.4 is 10.5 Å². The molecular weight excluding hydrogens is 248 g/mol. The van der Waals surface area contributed by atoms with Gasteiger partial charge in [-0.05, 0) is 25.1 Å². The molecule has 0 aliphatic rings. The summed E-state index contributed by atoms with van der Waals surface area (Å²) in [6.45, 7) is 1.87. The molecule has 3 nitrogen and oxygen atoms in total. The van der Waals surface area contributed by atoms with Crippen LogP contribution in [0, 0.1) is 0 Å². The fourth-order valence-corrected chi connectivity index (χ4v) is 2.23. The number of ether oxygens (including phenoxy) is 1. The molecule has 2 N–H and O–H groups in total. The predicted octanol–water partition coefficient (Wildman–Crippen LogP) is 2.95. The minimum Gasteiger partial charge on any atom is -0.496 e. The summed E-state index contributed by atoms with van der Waals surface area (Å²) in [6.07, 6.45) is 1.05. The van der Waals surface area contributed by atoms with Crippen LogP contribution in [0.3, 0.4) is 0 Å². The van der Waals surface area contributed by atoms with E-state index in [0.29, 0.717) is 0 Å². The molecule has 0 amide bonds. The smallest absolute Gasteiger partial charge is 0.125 e. The highest BCUT2D eigenvalue weighted by atomic mass is 16.5. The Hall–Kier alpha value is -2.00. The molecule has 3 heteroatoms. The van der Waals surface area contributed by atoms with Crippen molar-refractivity contribution >= 4 is 5.69 Å². The second kappa shape index (κ2) is 6.96. The van der Waals surface area contributed by atoms with Gasteiger partial charge in [0.25, 0.3) is 0 Å². The zero-order chi connectivity index (χ0) is 14.4. The zero-order valence-corrected chi connectivity index (χ0v) is 12.2. The summed E-state index contributed by atoms with van der Waals surface area (Å²) in [5.74, 6) is 0.858. The second-order valence-corrected chi connectivity index (χ2v) is 5.04. The maximum Gasteiger partial charge on any atom is 0.125 e. The normalized spacial score (nSPS) is 10.8. The predicted molar refractivity (Wildman–Crippen MR) is 83.9 cm³/mol. The van der Waals surface area contributed by atoms with E-state index in [4.69, 9.17) is 10.5 Å². The SMILES string of the molecule is COc1cc(N)ccc1CN(C)CCc1ccccc1. The molecule has 0 saturated carbocycles. The van der Waals surface area contributed by atoms with E-state index in [2.05, 4.69) is 36.2 Å². The maximum absolute atomic E-state index is 5.77. The molecule has 0 saturated heterocycles. The van der Waals surface area contributed by atoms with E-state index in [9.17, 15) is 0 Å². The first-order valence-corrected chi connectivity index (χ1v) is 6.84. The number of nitrogens with zero attached hydrogens (tertiary/aromatic N) is 1. The Morgan fingerprint density at radius 2 is 1.85 bits per heavy atom. The summed E-state index contributed by atoms with van der Waals surface area (Å²) in [6, 6.07) is 16.4. The Balaban J connectivity index is 1.93. The van der Waals surface area contributed by atoms with Crippen molar-refractivity contribution < 1.29 is 4.74 Å². The minimum atomic E-state index is 0.734. The van der Waals surface area contributed by atoms with Crippen LogP contribution in [0.2, 0.25) is 0 Å². The van der Waals surface area contributed by atoms with E-state index < -0.39 is 0 Å². The van der Waals surface area contributed by atoms with E-state index in [1.165, 1.54) is 5.56 Å². The number of hydrogen-bond acceptors (Lipinski definition) is 3. The van der Waals surface area contributed by atoms with E-state index >= 15 is 0 Å². The summed E-state index contributed by atoms with van der Waals surface area (Å²) >= 11 is 0. The lowest BCUT2D eigenvalue weighted by molar-refractivity contribution is 0.321. The van der Waals surface area contributed by atoms with Crippen molar-refractivity contribution in [3.63, 3.8) is 0 Å². The molecular formula is C17H22N2O. The summed E-state index contributed by atoms with van der Waals surface area (Å²) in [7, 11) is 3.81. The lowest BCUT2D eigenvalue weighted by atomic mass is 10.1. The quantitative estimate of drug-likeness (QED) is 0.820. The van der Waals surface area contributed by atoms with Crippen LogP contribution in [-0.2, 0) is 13.0 Å². The van der Waals surface area contributed by atoms with Gasteiger partial charge in [-0.2, -0.15) is 0 Å². The van der Waals surface area contributed by atoms with Crippen molar-refractivity contribution in [3.05, 3.63) is 59.7 Å². The van der Waals surface area contributed by atoms with Crippen molar-refractivity contribution in [2.75, 3.05) is 26.4 Å². The van der Waals surface area contributed by atoms with Gasteiger partial charge in [0.15, 0.2) is 0 Å². The molecule has 106 valence electrons. The monoisotopic (exact) mass is 270 g/mol. The van der Waals surface area contributed by atoms with Crippen LogP contribution in [0.1, 0.15) is 11.1 Å². The van der Waals surface area contributed by atoms with Gasteiger partial charge in [-0.15, -0.1) is 0 Å². The molecule has 0 unspecified atom stereocenters. The van der Waals surface area contributed by atoms with Gasteiger partial charge in [0.1, 0.15) is 5.75 Å². The molecule has 2 aromatic rings. The summed E-state index contributed by atoms with van der Waals surface area (Å²) in [4.78, 5) is 2.29. The fraction of sp³-hybridized carbons (Fsp3) is 0.294. The van der Waals surface area contributed by atoms with Gasteiger partial charge in [0, 0.05) is 30.4 Å². The number of nitrogens with two attached hydrogens (primary N) is 1. The molecule has 0 aromatic heterocycles. The molecule has 2 aromatic carbocycles. The standard InChI is InChI=1S/C17H22N2O/c1-19(11-10-14-6-4-3-5-7-14)13-15-8-9-16(18)12-17(15)20-2/h3-9,12H,10-11,13,18H2,1-2H3. The number of benzene rings is 2. The van der Waals surface area contributed by atoms with Gasteiger partial charge in [-0.1, -0.05) is 36.4 Å². The molecule has 0 spiro atoms. The lowest BCUT2D eigenvalue weighted by Crippen LogP contribution is -2.21. The Labute approximate surface area is 121 Å². The maximum atomic E-state index is 5.77. The number of methoxy groups -OCH3 is 1. The van der Waals surface area contributed by atoms with Crippen LogP contribution in [0.15, 0.2) is 48.5 Å². The summed E-state index contributed by atoms with van der Waals surface area (Å²) in [5.41, 5.74) is 9.04. The van der Waals surface area contributed by atoms with Gasteiger partial charge >= 0.3 is 0 Å². The third-order valence-corrected chi connectivity index (χ3v) is 3.38. The number of likely N-dealkylation sites (N-methyl/N-ethyl adjacent to an activating group) is 1. The van der Waals surface area contributed by atoms with Gasteiger partial charge in [-0.3, -0.25) is 0 Å². The summed E-state index contributed by atoms with van der Waals surface area (Å²) in [5, 5.41) is 0. The molecule has 0 atom stereocenters. The molecule has 0 aliphatic heterocycles. The van der Waals surface area contributed by atoms with Crippen LogP contribution in [0.25, 0.3) is 0 Å². The first-order valence-electron chi connectivity index (χ1n) is 6.84. The van der Waals surface area contributed by atoms with Crippen molar-refractivity contribution in [1.29, 1.82) is 0 Å². The average molecular weight is 270 g/mol. The van der Waals surface area contributed by atoms with Gasteiger partial charge in [0.05, 0.1) is 7.11 Å². The van der Waals surface area contributed by atoms with E-state index in [1.54, 1.807) is 7.11 Å². The van der Waals surface area contributed by atoms with E-state index in [-0.39, 0.29) is 0 Å². The largest absolute Gasteiger partial charge is 0.496 e. The number of hydrogen-bond donors (Lipinski definition) is 1. The highest BCUT2D eigenvalue weighted by molar-refractivity contribution is 5.48. The van der Waals surface area contributed by atoms with Crippen LogP contribution >= 0.6 is 0 Å². The molecule has 20 heavy (non-hydrogen) atoms. The molecule has 0 aliphatic carbocycles. The van der Waals surface area contributed by atoms with Crippen molar-refractivity contribution in [3.8, 4) is 5.75 Å². The van der Waals surface area contributed by atoms with E-state index in [1.807, 2.05) is 24.3 Å². The third kappa shape index (κ3) is 4.00. The van der Waals surface area contributed by atoms with Crippen LogP contribution in [0.5, 0.6) is 5.75 Å². The first kappa shape index (κ1) is 14.4. The van der Waals surface area contributed by atoms with Crippen LogP contribution in [-0.4, -0.2) is 25.6 Å². The van der Waals surface area contributed by atoms with Crippen molar-refractivity contribution in [2.24, 2.45) is 0 Å². The molecule has 0 heterocycles. The molecule has 2 rings (SSSR count). The third-order valence-electron chi connectivity index (χ3n) is 3.38.